The normalized spacial score (nSPS) is 10.5. The summed E-state index contributed by atoms with van der Waals surface area (Å²) in [7, 11) is 1.35. The van der Waals surface area contributed by atoms with Crippen molar-refractivity contribution in [2.75, 3.05) is 7.11 Å². The fourth-order valence-corrected chi connectivity index (χ4v) is 1.30. The van der Waals surface area contributed by atoms with E-state index in [4.69, 9.17) is 4.74 Å². The number of hydrogen-bond acceptors (Lipinski definition) is 4. The van der Waals surface area contributed by atoms with Crippen LogP contribution in [-0.4, -0.2) is 22.2 Å². The number of nitro groups is 1. The first-order valence-electron chi connectivity index (χ1n) is 3.99. The van der Waals surface area contributed by atoms with Gasteiger partial charge in [0.05, 0.1) is 23.5 Å². The van der Waals surface area contributed by atoms with Crippen LogP contribution in [0.5, 0.6) is 5.88 Å². The van der Waals surface area contributed by atoms with Crippen LogP contribution in [0.15, 0.2) is 12.1 Å². The summed E-state index contributed by atoms with van der Waals surface area (Å²) in [6.45, 7) is 0. The number of non-ortho nitro benzene ring substituents is 1. The lowest BCUT2D eigenvalue weighted by Crippen LogP contribution is -1.90. The van der Waals surface area contributed by atoms with Gasteiger partial charge in [-0.3, -0.25) is 15.2 Å². The van der Waals surface area contributed by atoms with E-state index < -0.39 is 10.7 Å². The molecule has 0 aliphatic carbocycles. The molecule has 15 heavy (non-hydrogen) atoms. The first kappa shape index (κ1) is 9.38. The molecule has 1 aromatic heterocycles. The van der Waals surface area contributed by atoms with Crippen molar-refractivity contribution in [3.8, 4) is 5.88 Å². The van der Waals surface area contributed by atoms with Gasteiger partial charge in [0.1, 0.15) is 5.52 Å². The van der Waals surface area contributed by atoms with Crippen LogP contribution in [0.4, 0.5) is 10.1 Å². The van der Waals surface area contributed by atoms with E-state index in [0.717, 1.165) is 6.07 Å². The lowest BCUT2D eigenvalue weighted by molar-refractivity contribution is -0.384. The summed E-state index contributed by atoms with van der Waals surface area (Å²) in [5.41, 5.74) is -0.239. The Morgan fingerprint density at radius 3 is 2.93 bits per heavy atom. The van der Waals surface area contributed by atoms with Crippen LogP contribution in [0, 0.1) is 15.9 Å². The van der Waals surface area contributed by atoms with E-state index in [1.54, 1.807) is 0 Å². The number of nitro benzene ring substituents is 1. The third-order valence-corrected chi connectivity index (χ3v) is 1.98. The van der Waals surface area contributed by atoms with Crippen molar-refractivity contribution < 1.29 is 14.1 Å². The summed E-state index contributed by atoms with van der Waals surface area (Å²) >= 11 is 0. The van der Waals surface area contributed by atoms with Crippen LogP contribution < -0.4 is 4.74 Å². The molecule has 6 nitrogen and oxygen atoms in total. The van der Waals surface area contributed by atoms with Gasteiger partial charge in [0.25, 0.3) is 5.69 Å². The molecule has 78 valence electrons. The molecule has 1 N–H and O–H groups in total. The molecule has 0 spiro atoms. The van der Waals surface area contributed by atoms with E-state index >= 15 is 0 Å². The highest BCUT2D eigenvalue weighted by Crippen LogP contribution is 2.28. The molecule has 0 bridgehead atoms. The SMILES string of the molecule is COc1n[nH]c2c(F)cc([N+](=O)[O-])cc12. The summed E-state index contributed by atoms with van der Waals surface area (Å²) in [6.07, 6.45) is 0. The van der Waals surface area contributed by atoms with Crippen molar-refractivity contribution in [2.45, 2.75) is 0 Å². The van der Waals surface area contributed by atoms with Gasteiger partial charge in [0, 0.05) is 6.07 Å². The molecule has 0 atom stereocenters. The molecular formula is C8H6FN3O3. The fraction of sp³-hybridized carbons (Fsp3) is 0.125. The fourth-order valence-electron chi connectivity index (χ4n) is 1.30. The number of H-pyrrole nitrogens is 1. The molecule has 0 fully saturated rings. The minimum atomic E-state index is -0.727. The number of hydrogen-bond donors (Lipinski definition) is 1. The summed E-state index contributed by atoms with van der Waals surface area (Å²) in [6, 6.07) is 2.04. The van der Waals surface area contributed by atoms with Gasteiger partial charge in [-0.05, 0) is 0 Å². The molecule has 0 amide bonds. The van der Waals surface area contributed by atoms with Gasteiger partial charge in [0.2, 0.25) is 5.88 Å². The van der Waals surface area contributed by atoms with Gasteiger partial charge in [0.15, 0.2) is 5.82 Å². The number of aromatic amines is 1. The van der Waals surface area contributed by atoms with Crippen molar-refractivity contribution in [1.29, 1.82) is 0 Å². The van der Waals surface area contributed by atoms with Gasteiger partial charge in [-0.1, -0.05) is 0 Å². The Morgan fingerprint density at radius 1 is 1.60 bits per heavy atom. The molecule has 0 saturated carbocycles. The quantitative estimate of drug-likeness (QED) is 0.604. The standard InChI is InChI=1S/C8H6FN3O3/c1-15-8-5-2-4(12(13)14)3-6(9)7(5)10-11-8/h2-3H,1H3,(H,10,11). The average molecular weight is 211 g/mol. The summed E-state index contributed by atoms with van der Waals surface area (Å²) in [4.78, 5) is 9.81. The van der Waals surface area contributed by atoms with Crippen molar-refractivity contribution >= 4 is 16.6 Å². The maximum absolute atomic E-state index is 13.3. The third-order valence-electron chi connectivity index (χ3n) is 1.98. The van der Waals surface area contributed by atoms with E-state index in [0.29, 0.717) is 0 Å². The molecule has 0 aliphatic heterocycles. The largest absolute Gasteiger partial charge is 0.479 e. The molecule has 0 aliphatic rings. The van der Waals surface area contributed by atoms with Gasteiger partial charge in [-0.2, -0.15) is 0 Å². The van der Waals surface area contributed by atoms with E-state index in [-0.39, 0.29) is 22.5 Å². The maximum Gasteiger partial charge on any atom is 0.273 e. The summed E-state index contributed by atoms with van der Waals surface area (Å²) in [5, 5.41) is 16.8. The zero-order valence-electron chi connectivity index (χ0n) is 7.65. The van der Waals surface area contributed by atoms with Crippen LogP contribution in [-0.2, 0) is 0 Å². The number of methoxy groups -OCH3 is 1. The Morgan fingerprint density at radius 2 is 2.33 bits per heavy atom. The highest BCUT2D eigenvalue weighted by molar-refractivity contribution is 5.86. The van der Waals surface area contributed by atoms with Crippen LogP contribution in [0.3, 0.4) is 0 Å². The molecule has 0 radical (unpaired) electrons. The van der Waals surface area contributed by atoms with Gasteiger partial charge in [-0.15, -0.1) is 5.10 Å². The number of nitrogens with zero attached hydrogens (tertiary/aromatic N) is 2. The van der Waals surface area contributed by atoms with Crippen molar-refractivity contribution in [2.24, 2.45) is 0 Å². The van der Waals surface area contributed by atoms with E-state index in [9.17, 15) is 14.5 Å². The number of rotatable bonds is 2. The van der Waals surface area contributed by atoms with Crippen LogP contribution in [0.25, 0.3) is 10.9 Å². The topological polar surface area (TPSA) is 81.0 Å². The number of nitrogens with one attached hydrogen (secondary N) is 1. The first-order chi connectivity index (χ1) is 7.13. The van der Waals surface area contributed by atoms with Crippen LogP contribution >= 0.6 is 0 Å². The van der Waals surface area contributed by atoms with Gasteiger partial charge >= 0.3 is 0 Å². The van der Waals surface area contributed by atoms with Crippen molar-refractivity contribution in [1.82, 2.24) is 10.2 Å². The van der Waals surface area contributed by atoms with Crippen molar-refractivity contribution in [3.63, 3.8) is 0 Å². The second-order valence-corrected chi connectivity index (χ2v) is 2.84. The first-order valence-corrected chi connectivity index (χ1v) is 3.99. The Hall–Kier alpha value is -2.18. The van der Waals surface area contributed by atoms with Gasteiger partial charge in [-0.25, -0.2) is 4.39 Å². The highest BCUT2D eigenvalue weighted by Gasteiger charge is 2.16. The number of benzene rings is 1. The Labute approximate surface area is 82.8 Å². The lowest BCUT2D eigenvalue weighted by Gasteiger charge is -1.95. The van der Waals surface area contributed by atoms with E-state index in [1.165, 1.54) is 13.2 Å². The summed E-state index contributed by atoms with van der Waals surface area (Å²) < 4.78 is 18.2. The van der Waals surface area contributed by atoms with E-state index in [1.807, 2.05) is 0 Å². The Balaban J connectivity index is 2.77. The number of ether oxygens (including phenoxy) is 1. The smallest absolute Gasteiger partial charge is 0.273 e. The lowest BCUT2D eigenvalue weighted by atomic mass is 10.2. The monoisotopic (exact) mass is 211 g/mol. The highest BCUT2D eigenvalue weighted by atomic mass is 19.1. The zero-order valence-corrected chi connectivity index (χ0v) is 7.65. The molecule has 1 heterocycles. The molecule has 2 aromatic rings. The van der Waals surface area contributed by atoms with E-state index in [2.05, 4.69) is 10.2 Å². The van der Waals surface area contributed by atoms with Crippen molar-refractivity contribution in [3.05, 3.63) is 28.1 Å². The third kappa shape index (κ3) is 1.37. The molecule has 7 heteroatoms. The minimum Gasteiger partial charge on any atom is -0.479 e. The minimum absolute atomic E-state index is 0.0949. The zero-order chi connectivity index (χ0) is 11.0. The molecule has 0 saturated heterocycles. The second kappa shape index (κ2) is 3.19. The predicted octanol–water partition coefficient (Wildman–Crippen LogP) is 1.62. The number of aromatic nitrogens is 2. The van der Waals surface area contributed by atoms with Gasteiger partial charge < -0.3 is 4.74 Å². The second-order valence-electron chi connectivity index (χ2n) is 2.84. The number of fused-ring (bicyclic) bond motifs is 1. The number of halogens is 1. The van der Waals surface area contributed by atoms with Crippen LogP contribution in [0.2, 0.25) is 0 Å². The summed E-state index contributed by atoms with van der Waals surface area (Å²) in [5.74, 6) is -0.595. The molecule has 1 aromatic carbocycles. The Kier molecular flexibility index (Phi) is 2.00. The Bertz CT molecular complexity index is 537. The maximum atomic E-state index is 13.3. The van der Waals surface area contributed by atoms with Crippen LogP contribution in [0.1, 0.15) is 0 Å². The molecule has 2 rings (SSSR count). The average Bonchev–Trinajstić information content (AvgIpc) is 2.60. The predicted molar refractivity (Wildman–Crippen MR) is 49.3 cm³/mol. The molecular weight excluding hydrogens is 205 g/mol. The molecule has 0 unspecified atom stereocenters.